The number of hydrogen-bond donors (Lipinski definition) is 2. The first-order chi connectivity index (χ1) is 9.08. The summed E-state index contributed by atoms with van der Waals surface area (Å²) in [6, 6.07) is 11.0. The average molecular weight is 300 g/mol. The van der Waals surface area contributed by atoms with Crippen molar-refractivity contribution < 1.29 is 9.50 Å². The number of nitrogens with one attached hydrogen (secondary N) is 1. The van der Waals surface area contributed by atoms with Crippen LogP contribution < -0.4 is 5.32 Å². The molecule has 2 aromatic rings. The van der Waals surface area contributed by atoms with Gasteiger partial charge in [-0.25, -0.2) is 4.39 Å². The van der Waals surface area contributed by atoms with Gasteiger partial charge in [-0.2, -0.15) is 0 Å². The van der Waals surface area contributed by atoms with Crippen LogP contribution in [0.3, 0.4) is 0 Å². The van der Waals surface area contributed by atoms with Crippen LogP contribution in [0.25, 0.3) is 0 Å². The largest absolute Gasteiger partial charge is 0.387 e. The van der Waals surface area contributed by atoms with Crippen molar-refractivity contribution in [3.8, 4) is 0 Å². The zero-order valence-corrected chi connectivity index (χ0v) is 11.4. The lowest BCUT2D eigenvalue weighted by Gasteiger charge is -2.15. The molecule has 5 heteroatoms. The van der Waals surface area contributed by atoms with Gasteiger partial charge in [0.15, 0.2) is 0 Å². The molecule has 0 spiro atoms. The molecule has 19 heavy (non-hydrogen) atoms. The molecule has 2 N–H and O–H groups in total. The summed E-state index contributed by atoms with van der Waals surface area (Å²) in [7, 11) is 0. The Kier molecular flexibility index (Phi) is 4.64. The maximum Gasteiger partial charge on any atom is 0.125 e. The van der Waals surface area contributed by atoms with E-state index in [1.54, 1.807) is 24.3 Å². The van der Waals surface area contributed by atoms with Crippen LogP contribution in [0.1, 0.15) is 11.7 Å². The topological polar surface area (TPSA) is 32.3 Å². The number of aliphatic hydroxyl groups excluding tert-OH is 1. The van der Waals surface area contributed by atoms with Crippen LogP contribution in [0.4, 0.5) is 10.1 Å². The molecule has 1 unspecified atom stereocenters. The third-order valence-electron chi connectivity index (χ3n) is 2.68. The Morgan fingerprint density at radius 3 is 2.58 bits per heavy atom. The van der Waals surface area contributed by atoms with Crippen LogP contribution in [0.15, 0.2) is 42.5 Å². The lowest BCUT2D eigenvalue weighted by molar-refractivity contribution is 0.191. The monoisotopic (exact) mass is 299 g/mol. The summed E-state index contributed by atoms with van der Waals surface area (Å²) in [6.07, 6.45) is -0.798. The second-order valence-corrected chi connectivity index (χ2v) is 4.86. The molecule has 0 aromatic heterocycles. The zero-order chi connectivity index (χ0) is 13.8. The molecule has 0 saturated heterocycles. The number of benzene rings is 2. The van der Waals surface area contributed by atoms with Gasteiger partial charge in [0, 0.05) is 17.1 Å². The van der Waals surface area contributed by atoms with E-state index in [0.717, 1.165) is 0 Å². The average Bonchev–Trinajstić information content (AvgIpc) is 2.40. The number of anilines is 1. The molecule has 0 aliphatic carbocycles. The zero-order valence-electron chi connectivity index (χ0n) is 9.91. The normalized spacial score (nSPS) is 12.2. The second-order valence-electron chi connectivity index (χ2n) is 4.04. The van der Waals surface area contributed by atoms with E-state index >= 15 is 0 Å². The van der Waals surface area contributed by atoms with E-state index < -0.39 is 6.10 Å². The Morgan fingerprint density at radius 2 is 1.84 bits per heavy atom. The summed E-state index contributed by atoms with van der Waals surface area (Å²) in [5.41, 5.74) is 1.05. The molecule has 0 amide bonds. The molecule has 0 radical (unpaired) electrons. The van der Waals surface area contributed by atoms with E-state index in [-0.39, 0.29) is 12.4 Å². The Labute approximate surface area is 120 Å². The Morgan fingerprint density at radius 1 is 1.11 bits per heavy atom. The molecule has 0 aliphatic rings. The van der Waals surface area contributed by atoms with Crippen molar-refractivity contribution in [2.24, 2.45) is 0 Å². The molecule has 0 heterocycles. The van der Waals surface area contributed by atoms with Gasteiger partial charge in [-0.3, -0.25) is 0 Å². The fraction of sp³-hybridized carbons (Fsp3) is 0.143. The molecule has 0 fully saturated rings. The van der Waals surface area contributed by atoms with Gasteiger partial charge in [-0.05, 0) is 24.3 Å². The van der Waals surface area contributed by atoms with Gasteiger partial charge in [0.05, 0.1) is 16.8 Å². The molecular weight excluding hydrogens is 288 g/mol. The van der Waals surface area contributed by atoms with Crippen LogP contribution >= 0.6 is 23.2 Å². The fourth-order valence-electron chi connectivity index (χ4n) is 1.69. The van der Waals surface area contributed by atoms with Crippen molar-refractivity contribution in [2.75, 3.05) is 11.9 Å². The molecule has 0 bridgehead atoms. The smallest absolute Gasteiger partial charge is 0.125 e. The summed E-state index contributed by atoms with van der Waals surface area (Å²) in [6.45, 7) is 0.187. The van der Waals surface area contributed by atoms with Gasteiger partial charge in [0.25, 0.3) is 0 Å². The van der Waals surface area contributed by atoms with Gasteiger partial charge >= 0.3 is 0 Å². The van der Waals surface area contributed by atoms with Gasteiger partial charge < -0.3 is 10.4 Å². The summed E-state index contributed by atoms with van der Waals surface area (Å²) in [5, 5.41) is 13.8. The van der Waals surface area contributed by atoms with Crippen LogP contribution in [-0.4, -0.2) is 11.7 Å². The minimum absolute atomic E-state index is 0.187. The highest BCUT2D eigenvalue weighted by Crippen LogP contribution is 2.26. The maximum atomic E-state index is 13.1. The van der Waals surface area contributed by atoms with Crippen molar-refractivity contribution in [3.63, 3.8) is 0 Å². The predicted octanol–water partition coefficient (Wildman–Crippen LogP) is 4.28. The molecular formula is C14H12Cl2FNO. The molecule has 0 aliphatic heterocycles. The Balaban J connectivity index is 2.06. The first-order valence-corrected chi connectivity index (χ1v) is 6.45. The van der Waals surface area contributed by atoms with Crippen molar-refractivity contribution >= 4 is 28.9 Å². The third kappa shape index (κ3) is 3.60. The fourth-order valence-corrected chi connectivity index (χ4v) is 2.14. The Bertz CT molecular complexity index is 577. The Hall–Kier alpha value is -1.29. The van der Waals surface area contributed by atoms with Crippen LogP contribution in [0.2, 0.25) is 10.0 Å². The summed E-state index contributed by atoms with van der Waals surface area (Å²) in [4.78, 5) is 0. The van der Waals surface area contributed by atoms with Gasteiger partial charge in [0.2, 0.25) is 0 Å². The van der Waals surface area contributed by atoms with E-state index in [4.69, 9.17) is 23.2 Å². The first kappa shape index (κ1) is 14.1. The quantitative estimate of drug-likeness (QED) is 0.883. The molecule has 1 atom stereocenters. The SMILES string of the molecule is OC(CNc1cc(F)ccc1Cl)c1ccccc1Cl. The van der Waals surface area contributed by atoms with Crippen LogP contribution in [0, 0.1) is 5.82 Å². The summed E-state index contributed by atoms with van der Waals surface area (Å²) < 4.78 is 13.1. The highest BCUT2D eigenvalue weighted by molar-refractivity contribution is 6.33. The van der Waals surface area contributed by atoms with Crippen molar-refractivity contribution in [2.45, 2.75) is 6.10 Å². The van der Waals surface area contributed by atoms with Crippen molar-refractivity contribution in [1.82, 2.24) is 0 Å². The second kappa shape index (κ2) is 6.24. The maximum absolute atomic E-state index is 13.1. The number of hydrogen-bond acceptors (Lipinski definition) is 2. The van der Waals surface area contributed by atoms with E-state index in [9.17, 15) is 9.50 Å². The number of aliphatic hydroxyl groups is 1. The minimum Gasteiger partial charge on any atom is -0.387 e. The number of halogens is 3. The van der Waals surface area contributed by atoms with Crippen molar-refractivity contribution in [3.05, 3.63) is 63.9 Å². The van der Waals surface area contributed by atoms with Crippen molar-refractivity contribution in [1.29, 1.82) is 0 Å². The van der Waals surface area contributed by atoms with E-state index in [1.165, 1.54) is 18.2 Å². The van der Waals surface area contributed by atoms with Crippen LogP contribution in [-0.2, 0) is 0 Å². The highest BCUT2D eigenvalue weighted by Gasteiger charge is 2.11. The number of rotatable bonds is 4. The molecule has 2 rings (SSSR count). The van der Waals surface area contributed by atoms with E-state index in [2.05, 4.69) is 5.32 Å². The molecule has 2 aromatic carbocycles. The van der Waals surface area contributed by atoms with E-state index in [0.29, 0.717) is 21.3 Å². The lowest BCUT2D eigenvalue weighted by Crippen LogP contribution is -2.12. The molecule has 2 nitrogen and oxygen atoms in total. The van der Waals surface area contributed by atoms with E-state index in [1.807, 2.05) is 0 Å². The van der Waals surface area contributed by atoms with Gasteiger partial charge in [-0.15, -0.1) is 0 Å². The van der Waals surface area contributed by atoms with Gasteiger partial charge in [0.1, 0.15) is 5.82 Å². The van der Waals surface area contributed by atoms with Crippen LogP contribution in [0.5, 0.6) is 0 Å². The minimum atomic E-state index is -0.798. The lowest BCUT2D eigenvalue weighted by atomic mass is 10.1. The standard InChI is InChI=1S/C14H12Cl2FNO/c15-11-4-2-1-3-10(11)14(19)8-18-13-7-9(17)5-6-12(13)16/h1-7,14,18-19H,8H2. The highest BCUT2D eigenvalue weighted by atomic mass is 35.5. The predicted molar refractivity (Wildman–Crippen MR) is 76.3 cm³/mol. The summed E-state index contributed by atoms with van der Waals surface area (Å²) in [5.74, 6) is -0.390. The van der Waals surface area contributed by atoms with Gasteiger partial charge in [-0.1, -0.05) is 41.4 Å². The molecule has 0 saturated carbocycles. The molecule has 100 valence electrons. The summed E-state index contributed by atoms with van der Waals surface area (Å²) >= 11 is 11.9. The third-order valence-corrected chi connectivity index (χ3v) is 3.35. The first-order valence-electron chi connectivity index (χ1n) is 5.69.